The van der Waals surface area contributed by atoms with E-state index in [0.29, 0.717) is 6.07 Å². The summed E-state index contributed by atoms with van der Waals surface area (Å²) in [5.74, 6) is -2.92. The van der Waals surface area contributed by atoms with Crippen molar-refractivity contribution in [1.29, 1.82) is 0 Å². The molecule has 0 amide bonds. The first kappa shape index (κ1) is 12.9. The second-order valence-corrected chi connectivity index (χ2v) is 3.38. The van der Waals surface area contributed by atoms with E-state index >= 15 is 0 Å². The van der Waals surface area contributed by atoms with Crippen LogP contribution in [0.1, 0.15) is 10.5 Å². The van der Waals surface area contributed by atoms with Crippen LogP contribution in [0.25, 0.3) is 0 Å². The van der Waals surface area contributed by atoms with Crippen molar-refractivity contribution >= 4 is 5.97 Å². The van der Waals surface area contributed by atoms with E-state index < -0.39 is 17.6 Å². The summed E-state index contributed by atoms with van der Waals surface area (Å²) in [4.78, 5) is 18.9. The van der Waals surface area contributed by atoms with Crippen LogP contribution >= 0.6 is 0 Å². The molecule has 0 spiro atoms. The van der Waals surface area contributed by atoms with Crippen molar-refractivity contribution < 1.29 is 23.0 Å². The number of hydrogen-bond acceptors (Lipinski definition) is 5. The summed E-state index contributed by atoms with van der Waals surface area (Å²) in [5, 5.41) is 0. The van der Waals surface area contributed by atoms with Gasteiger partial charge in [-0.2, -0.15) is 0 Å². The highest BCUT2D eigenvalue weighted by Gasteiger charge is 2.18. The van der Waals surface area contributed by atoms with Crippen LogP contribution in [0.2, 0.25) is 0 Å². The van der Waals surface area contributed by atoms with E-state index in [0.717, 1.165) is 12.1 Å². The summed E-state index contributed by atoms with van der Waals surface area (Å²) in [5.41, 5.74) is -0.200. The molecule has 0 atom stereocenters. The minimum atomic E-state index is -0.915. The average molecular weight is 266 g/mol. The molecule has 0 saturated heterocycles. The number of methoxy groups -OCH3 is 1. The minimum absolute atomic E-state index is 0.200. The van der Waals surface area contributed by atoms with Crippen LogP contribution in [0.5, 0.6) is 11.6 Å². The number of rotatable bonds is 3. The van der Waals surface area contributed by atoms with Gasteiger partial charge in [0.15, 0.2) is 11.6 Å². The highest BCUT2D eigenvalue weighted by atomic mass is 19.1. The fourth-order valence-electron chi connectivity index (χ4n) is 1.30. The van der Waals surface area contributed by atoms with Gasteiger partial charge in [0, 0.05) is 18.5 Å². The summed E-state index contributed by atoms with van der Waals surface area (Å²) >= 11 is 0. The van der Waals surface area contributed by atoms with Gasteiger partial charge in [-0.15, -0.1) is 0 Å². The van der Waals surface area contributed by atoms with Crippen molar-refractivity contribution in [2.75, 3.05) is 7.11 Å². The molecular weight excluding hydrogens is 258 g/mol. The molecule has 2 aromatic rings. The summed E-state index contributed by atoms with van der Waals surface area (Å²) in [6, 6.07) is 2.76. The molecule has 0 radical (unpaired) electrons. The summed E-state index contributed by atoms with van der Waals surface area (Å²) < 4.78 is 35.8. The van der Waals surface area contributed by atoms with E-state index in [1.54, 1.807) is 0 Å². The van der Waals surface area contributed by atoms with Crippen LogP contribution in [0.15, 0.2) is 30.6 Å². The SMILES string of the molecule is COC(=O)c1nccnc1Oc1ccc(F)cc1F. The van der Waals surface area contributed by atoms with Crippen molar-refractivity contribution in [2.24, 2.45) is 0 Å². The Bertz CT molecular complexity index is 620. The first-order valence-electron chi connectivity index (χ1n) is 5.14. The highest BCUT2D eigenvalue weighted by molar-refractivity contribution is 5.89. The van der Waals surface area contributed by atoms with Crippen molar-refractivity contribution in [3.8, 4) is 11.6 Å². The third-order valence-corrected chi connectivity index (χ3v) is 2.14. The van der Waals surface area contributed by atoms with Gasteiger partial charge in [-0.25, -0.2) is 23.5 Å². The van der Waals surface area contributed by atoms with Gasteiger partial charge in [0.1, 0.15) is 5.82 Å². The molecule has 0 aliphatic carbocycles. The van der Waals surface area contributed by atoms with E-state index in [4.69, 9.17) is 4.74 Å². The van der Waals surface area contributed by atoms with E-state index in [-0.39, 0.29) is 17.3 Å². The van der Waals surface area contributed by atoms with Gasteiger partial charge in [-0.05, 0) is 12.1 Å². The number of ether oxygens (including phenoxy) is 2. The van der Waals surface area contributed by atoms with Crippen LogP contribution in [0.4, 0.5) is 8.78 Å². The lowest BCUT2D eigenvalue weighted by atomic mass is 10.3. The maximum atomic E-state index is 13.4. The molecule has 1 aromatic heterocycles. The van der Waals surface area contributed by atoms with Crippen molar-refractivity contribution in [3.05, 3.63) is 47.9 Å². The predicted molar refractivity (Wildman–Crippen MR) is 59.8 cm³/mol. The lowest BCUT2D eigenvalue weighted by Gasteiger charge is -2.08. The zero-order chi connectivity index (χ0) is 13.8. The van der Waals surface area contributed by atoms with Gasteiger partial charge >= 0.3 is 5.97 Å². The monoisotopic (exact) mass is 266 g/mol. The van der Waals surface area contributed by atoms with E-state index in [1.807, 2.05) is 0 Å². The fraction of sp³-hybridized carbons (Fsp3) is 0.0833. The summed E-state index contributed by atoms with van der Waals surface area (Å²) in [6.45, 7) is 0. The number of benzene rings is 1. The van der Waals surface area contributed by atoms with Gasteiger partial charge < -0.3 is 9.47 Å². The summed E-state index contributed by atoms with van der Waals surface area (Å²) in [7, 11) is 1.17. The number of carbonyl (C=O) groups is 1. The smallest absolute Gasteiger partial charge is 0.362 e. The van der Waals surface area contributed by atoms with E-state index in [2.05, 4.69) is 14.7 Å². The summed E-state index contributed by atoms with van der Waals surface area (Å²) in [6.07, 6.45) is 2.53. The van der Waals surface area contributed by atoms with Gasteiger partial charge in [0.25, 0.3) is 5.88 Å². The van der Waals surface area contributed by atoms with Crippen LogP contribution in [0.3, 0.4) is 0 Å². The second kappa shape index (κ2) is 5.38. The Morgan fingerprint density at radius 2 is 1.95 bits per heavy atom. The third kappa shape index (κ3) is 2.82. The van der Waals surface area contributed by atoms with Gasteiger partial charge in [-0.3, -0.25) is 0 Å². The van der Waals surface area contributed by atoms with Crippen LogP contribution in [-0.2, 0) is 4.74 Å². The van der Waals surface area contributed by atoms with E-state index in [9.17, 15) is 13.6 Å². The second-order valence-electron chi connectivity index (χ2n) is 3.38. The topological polar surface area (TPSA) is 61.3 Å². The Labute approximate surface area is 106 Å². The average Bonchev–Trinajstić information content (AvgIpc) is 2.41. The minimum Gasteiger partial charge on any atom is -0.464 e. The van der Waals surface area contributed by atoms with Crippen molar-refractivity contribution in [3.63, 3.8) is 0 Å². The standard InChI is InChI=1S/C12H8F2N2O3/c1-18-12(17)10-11(16-5-4-15-10)19-9-3-2-7(13)6-8(9)14/h2-6H,1H3. The van der Waals surface area contributed by atoms with E-state index in [1.165, 1.54) is 19.5 Å². The molecule has 0 N–H and O–H groups in total. The first-order chi connectivity index (χ1) is 9.11. The third-order valence-electron chi connectivity index (χ3n) is 2.14. The quantitative estimate of drug-likeness (QED) is 0.798. The molecule has 0 bridgehead atoms. The molecule has 0 aliphatic rings. The maximum Gasteiger partial charge on any atom is 0.362 e. The molecule has 7 heteroatoms. The number of aromatic nitrogens is 2. The normalized spacial score (nSPS) is 10.1. The molecule has 0 fully saturated rings. The Hall–Kier alpha value is -2.57. The molecule has 0 saturated carbocycles. The van der Waals surface area contributed by atoms with Gasteiger partial charge in [0.2, 0.25) is 5.69 Å². The molecule has 0 unspecified atom stereocenters. The molecule has 1 aromatic carbocycles. The maximum absolute atomic E-state index is 13.4. The Balaban J connectivity index is 2.35. The molecule has 0 aliphatic heterocycles. The van der Waals surface area contributed by atoms with Crippen LogP contribution in [0, 0.1) is 11.6 Å². The number of halogens is 2. The van der Waals surface area contributed by atoms with Crippen LogP contribution in [-0.4, -0.2) is 23.0 Å². The van der Waals surface area contributed by atoms with Gasteiger partial charge in [-0.1, -0.05) is 0 Å². The van der Waals surface area contributed by atoms with Gasteiger partial charge in [0.05, 0.1) is 7.11 Å². The fourth-order valence-corrected chi connectivity index (χ4v) is 1.30. The number of esters is 1. The number of carbonyl (C=O) groups excluding carboxylic acids is 1. The molecule has 5 nitrogen and oxygen atoms in total. The largest absolute Gasteiger partial charge is 0.464 e. The molecular formula is C12H8F2N2O3. The zero-order valence-corrected chi connectivity index (χ0v) is 9.76. The molecule has 2 rings (SSSR count). The predicted octanol–water partition coefficient (Wildman–Crippen LogP) is 2.33. The van der Waals surface area contributed by atoms with Crippen molar-refractivity contribution in [2.45, 2.75) is 0 Å². The zero-order valence-electron chi connectivity index (χ0n) is 9.76. The lowest BCUT2D eigenvalue weighted by molar-refractivity contribution is 0.0589. The van der Waals surface area contributed by atoms with Crippen molar-refractivity contribution in [1.82, 2.24) is 9.97 Å². The first-order valence-corrected chi connectivity index (χ1v) is 5.14. The lowest BCUT2D eigenvalue weighted by Crippen LogP contribution is -2.07. The molecule has 1 heterocycles. The molecule has 19 heavy (non-hydrogen) atoms. The Kier molecular flexibility index (Phi) is 3.65. The number of nitrogens with zero attached hydrogens (tertiary/aromatic N) is 2. The highest BCUT2D eigenvalue weighted by Crippen LogP contribution is 2.25. The number of hydrogen-bond donors (Lipinski definition) is 0. The molecule has 98 valence electrons. The Morgan fingerprint density at radius 1 is 1.21 bits per heavy atom. The Morgan fingerprint density at radius 3 is 2.63 bits per heavy atom. The van der Waals surface area contributed by atoms with Crippen LogP contribution < -0.4 is 4.74 Å².